The molecule has 3 N–H and O–H groups in total. The van der Waals surface area contributed by atoms with Gasteiger partial charge in [0.1, 0.15) is 18.1 Å². The molecule has 0 radical (unpaired) electrons. The molecule has 0 fully saturated rings. The molecule has 0 aliphatic carbocycles. The summed E-state index contributed by atoms with van der Waals surface area (Å²) in [5, 5.41) is 3.21. The largest absolute Gasteiger partial charge is 0.497 e. The van der Waals surface area contributed by atoms with Crippen LogP contribution in [0.25, 0.3) is 0 Å². The Labute approximate surface area is 112 Å². The van der Waals surface area contributed by atoms with Gasteiger partial charge >= 0.3 is 6.09 Å². The summed E-state index contributed by atoms with van der Waals surface area (Å²) in [6, 6.07) is 5.63. The third-order valence-corrected chi connectivity index (χ3v) is 2.70. The molecule has 0 heterocycles. The smallest absolute Gasteiger partial charge is 0.404 e. The normalized spacial score (nSPS) is 11.7. The molecular weight excluding hydrogens is 248 g/mol. The van der Waals surface area contributed by atoms with Crippen molar-refractivity contribution in [3.8, 4) is 11.5 Å². The first kappa shape index (κ1) is 15.1. The van der Waals surface area contributed by atoms with Crippen LogP contribution >= 0.6 is 0 Å². The minimum absolute atomic E-state index is 0.0292. The van der Waals surface area contributed by atoms with Crippen LogP contribution in [-0.4, -0.2) is 33.5 Å². The molecule has 6 heteroatoms. The topological polar surface area (TPSA) is 82.8 Å². The SMILES string of the molecule is COc1ccc(OC)c(C(C)NCCOC(N)=O)c1. The maximum absolute atomic E-state index is 10.4. The molecule has 0 aliphatic heterocycles. The Morgan fingerprint density at radius 1 is 1.37 bits per heavy atom. The molecule has 1 rings (SSSR count). The van der Waals surface area contributed by atoms with E-state index in [0.29, 0.717) is 6.54 Å². The number of ether oxygens (including phenoxy) is 3. The van der Waals surface area contributed by atoms with Gasteiger partial charge in [-0.2, -0.15) is 0 Å². The lowest BCUT2D eigenvalue weighted by Crippen LogP contribution is -2.26. The summed E-state index contributed by atoms with van der Waals surface area (Å²) < 4.78 is 15.2. The van der Waals surface area contributed by atoms with Gasteiger partial charge in [0.05, 0.1) is 14.2 Å². The highest BCUT2D eigenvalue weighted by atomic mass is 16.5. The second-order valence-corrected chi connectivity index (χ2v) is 3.95. The molecule has 1 amide bonds. The number of amides is 1. The van der Waals surface area contributed by atoms with Crippen LogP contribution in [-0.2, 0) is 4.74 Å². The highest BCUT2D eigenvalue weighted by molar-refractivity contribution is 5.64. The van der Waals surface area contributed by atoms with Crippen LogP contribution in [0.4, 0.5) is 4.79 Å². The molecule has 0 aliphatic rings. The second-order valence-electron chi connectivity index (χ2n) is 3.95. The molecule has 19 heavy (non-hydrogen) atoms. The average molecular weight is 268 g/mol. The van der Waals surface area contributed by atoms with E-state index in [2.05, 4.69) is 10.1 Å². The number of nitrogens with one attached hydrogen (secondary N) is 1. The molecule has 1 aromatic carbocycles. The first-order valence-electron chi connectivity index (χ1n) is 5.96. The Morgan fingerprint density at radius 2 is 2.11 bits per heavy atom. The summed E-state index contributed by atoms with van der Waals surface area (Å²) >= 11 is 0. The zero-order chi connectivity index (χ0) is 14.3. The van der Waals surface area contributed by atoms with E-state index >= 15 is 0 Å². The van der Waals surface area contributed by atoms with E-state index in [1.807, 2.05) is 25.1 Å². The number of hydrogen-bond acceptors (Lipinski definition) is 5. The van der Waals surface area contributed by atoms with E-state index < -0.39 is 6.09 Å². The van der Waals surface area contributed by atoms with Crippen molar-refractivity contribution in [1.82, 2.24) is 5.32 Å². The van der Waals surface area contributed by atoms with E-state index in [1.165, 1.54) is 0 Å². The Balaban J connectivity index is 2.63. The van der Waals surface area contributed by atoms with Gasteiger partial charge < -0.3 is 25.3 Å². The van der Waals surface area contributed by atoms with Gasteiger partial charge in [0.25, 0.3) is 0 Å². The lowest BCUT2D eigenvalue weighted by Gasteiger charge is -2.18. The minimum Gasteiger partial charge on any atom is -0.497 e. The van der Waals surface area contributed by atoms with Crippen LogP contribution in [0, 0.1) is 0 Å². The van der Waals surface area contributed by atoms with Crippen LogP contribution in [0.15, 0.2) is 18.2 Å². The third-order valence-electron chi connectivity index (χ3n) is 2.70. The monoisotopic (exact) mass is 268 g/mol. The van der Waals surface area contributed by atoms with Crippen molar-refractivity contribution in [2.45, 2.75) is 13.0 Å². The molecular formula is C13H20N2O4. The van der Waals surface area contributed by atoms with Crippen molar-refractivity contribution in [3.63, 3.8) is 0 Å². The van der Waals surface area contributed by atoms with Crippen molar-refractivity contribution in [1.29, 1.82) is 0 Å². The number of benzene rings is 1. The van der Waals surface area contributed by atoms with Crippen molar-refractivity contribution in [2.24, 2.45) is 5.73 Å². The fraction of sp³-hybridized carbons (Fsp3) is 0.462. The molecule has 1 aromatic rings. The van der Waals surface area contributed by atoms with Crippen LogP contribution in [0.3, 0.4) is 0 Å². The number of carbonyl (C=O) groups excluding carboxylic acids is 1. The van der Waals surface area contributed by atoms with Crippen molar-refractivity contribution < 1.29 is 19.0 Å². The summed E-state index contributed by atoms with van der Waals surface area (Å²) in [5.41, 5.74) is 5.85. The number of rotatable bonds is 7. The van der Waals surface area contributed by atoms with Gasteiger partial charge in [-0.15, -0.1) is 0 Å². The van der Waals surface area contributed by atoms with Crippen LogP contribution in [0.1, 0.15) is 18.5 Å². The first-order chi connectivity index (χ1) is 9.08. The summed E-state index contributed by atoms with van der Waals surface area (Å²) in [6.07, 6.45) is -0.770. The van der Waals surface area contributed by atoms with Gasteiger partial charge in [-0.3, -0.25) is 0 Å². The predicted octanol–water partition coefficient (Wildman–Crippen LogP) is 1.45. The minimum atomic E-state index is -0.770. The Morgan fingerprint density at radius 3 is 2.68 bits per heavy atom. The molecule has 1 atom stereocenters. The predicted molar refractivity (Wildman–Crippen MR) is 71.5 cm³/mol. The molecule has 0 bridgehead atoms. The summed E-state index contributed by atoms with van der Waals surface area (Å²) in [7, 11) is 3.23. The molecule has 0 saturated heterocycles. The van der Waals surface area contributed by atoms with E-state index in [4.69, 9.17) is 15.2 Å². The van der Waals surface area contributed by atoms with Gasteiger partial charge in [0.15, 0.2) is 0 Å². The van der Waals surface area contributed by atoms with Gasteiger partial charge in [0, 0.05) is 18.2 Å². The van der Waals surface area contributed by atoms with E-state index in [1.54, 1.807) is 14.2 Å². The van der Waals surface area contributed by atoms with Crippen LogP contribution in [0.5, 0.6) is 11.5 Å². The number of methoxy groups -OCH3 is 2. The molecule has 6 nitrogen and oxygen atoms in total. The summed E-state index contributed by atoms with van der Waals surface area (Å²) in [6.45, 7) is 2.72. The van der Waals surface area contributed by atoms with E-state index in [0.717, 1.165) is 17.1 Å². The molecule has 0 saturated carbocycles. The zero-order valence-corrected chi connectivity index (χ0v) is 11.4. The van der Waals surface area contributed by atoms with Crippen LogP contribution < -0.4 is 20.5 Å². The van der Waals surface area contributed by atoms with Gasteiger partial charge in [-0.1, -0.05) is 0 Å². The second kappa shape index (κ2) is 7.48. The molecule has 0 aromatic heterocycles. The molecule has 106 valence electrons. The fourth-order valence-corrected chi connectivity index (χ4v) is 1.71. The average Bonchev–Trinajstić information content (AvgIpc) is 2.42. The Kier molecular flexibility index (Phi) is 5.95. The van der Waals surface area contributed by atoms with Gasteiger partial charge in [-0.05, 0) is 25.1 Å². The molecule has 1 unspecified atom stereocenters. The number of carbonyl (C=O) groups is 1. The van der Waals surface area contributed by atoms with Crippen LogP contribution in [0.2, 0.25) is 0 Å². The van der Waals surface area contributed by atoms with Crippen molar-refractivity contribution in [2.75, 3.05) is 27.4 Å². The lowest BCUT2D eigenvalue weighted by molar-refractivity contribution is 0.156. The standard InChI is InChI=1S/C13H20N2O4/c1-9(15-6-7-19-13(14)16)11-8-10(17-2)4-5-12(11)18-3/h4-5,8-9,15H,6-7H2,1-3H3,(H2,14,16). The lowest BCUT2D eigenvalue weighted by atomic mass is 10.1. The fourth-order valence-electron chi connectivity index (χ4n) is 1.71. The van der Waals surface area contributed by atoms with Crippen molar-refractivity contribution >= 4 is 6.09 Å². The Hall–Kier alpha value is -1.95. The quantitative estimate of drug-likeness (QED) is 0.731. The highest BCUT2D eigenvalue weighted by Crippen LogP contribution is 2.28. The number of primary amides is 1. The highest BCUT2D eigenvalue weighted by Gasteiger charge is 2.12. The van der Waals surface area contributed by atoms with Gasteiger partial charge in [-0.25, -0.2) is 4.79 Å². The number of nitrogens with two attached hydrogens (primary N) is 1. The summed E-state index contributed by atoms with van der Waals surface area (Å²) in [4.78, 5) is 10.4. The zero-order valence-electron chi connectivity index (χ0n) is 11.4. The molecule has 0 spiro atoms. The maximum atomic E-state index is 10.4. The first-order valence-corrected chi connectivity index (χ1v) is 5.96. The number of hydrogen-bond donors (Lipinski definition) is 2. The summed E-state index contributed by atoms with van der Waals surface area (Å²) in [5.74, 6) is 1.54. The van der Waals surface area contributed by atoms with E-state index in [-0.39, 0.29) is 12.6 Å². The van der Waals surface area contributed by atoms with E-state index in [9.17, 15) is 4.79 Å². The maximum Gasteiger partial charge on any atom is 0.404 e. The third kappa shape index (κ3) is 4.67. The van der Waals surface area contributed by atoms with Crippen molar-refractivity contribution in [3.05, 3.63) is 23.8 Å². The van der Waals surface area contributed by atoms with Gasteiger partial charge in [0.2, 0.25) is 0 Å². The Bertz CT molecular complexity index is 423.